The fraction of sp³-hybridized carbons (Fsp3) is 1.00. The lowest BCUT2D eigenvalue weighted by Crippen LogP contribution is -2.21. The van der Waals surface area contributed by atoms with Crippen LogP contribution >= 0.6 is 0 Å². The van der Waals surface area contributed by atoms with E-state index in [1.165, 1.54) is 0 Å². The van der Waals surface area contributed by atoms with Crippen LogP contribution in [-0.4, -0.2) is 19.8 Å². The van der Waals surface area contributed by atoms with E-state index in [1.54, 1.807) is 0 Å². The lowest BCUT2D eigenvalue weighted by atomic mass is 9.92. The number of halogens is 1. The molecular formula is C8H18FN. The normalized spacial score (nSPS) is 31.2. The summed E-state index contributed by atoms with van der Waals surface area (Å²) in [5.74, 6) is 0. The van der Waals surface area contributed by atoms with Crippen LogP contribution in [-0.2, 0) is 0 Å². The van der Waals surface area contributed by atoms with Gasteiger partial charge in [-0.15, -0.1) is 0 Å². The molecule has 1 unspecified atom stereocenters. The number of alkyl halides is 1. The second-order valence-electron chi connectivity index (χ2n) is 2.87. The molecule has 10 heavy (non-hydrogen) atoms. The van der Waals surface area contributed by atoms with Gasteiger partial charge in [-0.2, -0.15) is 0 Å². The largest absolute Gasteiger partial charge is 0.316 e. The zero-order chi connectivity index (χ0) is 8.04. The van der Waals surface area contributed by atoms with Crippen molar-refractivity contribution in [1.82, 2.24) is 5.32 Å². The molecule has 0 aromatic rings. The maximum Gasteiger partial charge on any atom is 0.0960 e. The van der Waals surface area contributed by atoms with Gasteiger partial charge in [0.1, 0.15) is 0 Å². The minimum Gasteiger partial charge on any atom is -0.316 e. The summed E-state index contributed by atoms with van der Waals surface area (Å²) in [6.07, 6.45) is 0.990. The average Bonchev–Trinajstić information content (AvgIpc) is 2.42. The summed E-state index contributed by atoms with van der Waals surface area (Å²) in [4.78, 5) is 0. The van der Waals surface area contributed by atoms with E-state index in [-0.39, 0.29) is 12.1 Å². The molecule has 1 N–H and O–H groups in total. The summed E-state index contributed by atoms with van der Waals surface area (Å²) in [5, 5.41) is 3.12. The summed E-state index contributed by atoms with van der Waals surface area (Å²) in [5.41, 5.74) is -0.0417. The minimum atomic E-state index is -0.181. The molecule has 1 fully saturated rings. The second-order valence-corrected chi connectivity index (χ2v) is 2.87. The zero-order valence-corrected chi connectivity index (χ0v) is 7.21. The van der Waals surface area contributed by atoms with Crippen molar-refractivity contribution in [1.29, 1.82) is 0 Å². The third-order valence-corrected chi connectivity index (χ3v) is 1.78. The predicted octanol–water partition coefficient (Wildman–Crippen LogP) is 1.98. The smallest absolute Gasteiger partial charge is 0.0960 e. The summed E-state index contributed by atoms with van der Waals surface area (Å²) in [6, 6.07) is 0. The van der Waals surface area contributed by atoms with Gasteiger partial charge in [0.15, 0.2) is 0 Å². The summed E-state index contributed by atoms with van der Waals surface area (Å²) < 4.78 is 12.0. The van der Waals surface area contributed by atoms with Crippen LogP contribution in [0.15, 0.2) is 0 Å². The van der Waals surface area contributed by atoms with Gasteiger partial charge < -0.3 is 5.32 Å². The molecule has 0 radical (unpaired) electrons. The van der Waals surface area contributed by atoms with Crippen LogP contribution < -0.4 is 5.32 Å². The first-order valence-electron chi connectivity index (χ1n) is 4.04. The van der Waals surface area contributed by atoms with E-state index in [9.17, 15) is 4.39 Å². The van der Waals surface area contributed by atoms with Gasteiger partial charge in [-0.05, 0) is 13.0 Å². The van der Waals surface area contributed by atoms with Crippen molar-refractivity contribution in [3.05, 3.63) is 0 Å². The molecule has 1 atom stereocenters. The molecule has 0 bridgehead atoms. The topological polar surface area (TPSA) is 12.0 Å². The molecule has 0 spiro atoms. The molecule has 1 aliphatic rings. The van der Waals surface area contributed by atoms with Crippen molar-refractivity contribution in [2.45, 2.75) is 27.2 Å². The molecule has 1 nitrogen and oxygen atoms in total. The van der Waals surface area contributed by atoms with E-state index in [4.69, 9.17) is 0 Å². The Morgan fingerprint density at radius 2 is 2.10 bits per heavy atom. The lowest BCUT2D eigenvalue weighted by Gasteiger charge is -2.15. The molecule has 1 rings (SSSR count). The van der Waals surface area contributed by atoms with Gasteiger partial charge in [0.25, 0.3) is 0 Å². The molecule has 0 saturated carbocycles. The van der Waals surface area contributed by atoms with Gasteiger partial charge in [-0.3, -0.25) is 4.39 Å². The van der Waals surface area contributed by atoms with Crippen LogP contribution in [0.5, 0.6) is 0 Å². The number of hydrogen-bond acceptors (Lipinski definition) is 1. The van der Waals surface area contributed by atoms with Gasteiger partial charge in [-0.1, -0.05) is 20.8 Å². The van der Waals surface area contributed by atoms with E-state index in [0.29, 0.717) is 0 Å². The molecule has 0 aromatic heterocycles. The quantitative estimate of drug-likeness (QED) is 0.598. The number of hydrogen-bond donors (Lipinski definition) is 1. The summed E-state index contributed by atoms with van der Waals surface area (Å²) in [7, 11) is 0. The van der Waals surface area contributed by atoms with Crippen LogP contribution in [0.2, 0.25) is 0 Å². The average molecular weight is 147 g/mol. The third-order valence-electron chi connectivity index (χ3n) is 1.78. The first-order valence-corrected chi connectivity index (χ1v) is 4.04. The predicted molar refractivity (Wildman–Crippen MR) is 42.9 cm³/mol. The second kappa shape index (κ2) is 4.67. The Labute approximate surface area is 63.0 Å². The zero-order valence-electron chi connectivity index (χ0n) is 7.21. The standard InChI is InChI=1S/C6H12FN.C2H6/c1-6(4-7)2-3-8-5-6;1-2/h8H,2-5H2,1H3;1-2H3. The highest BCUT2D eigenvalue weighted by Gasteiger charge is 2.27. The molecule has 1 saturated heterocycles. The maximum atomic E-state index is 12.0. The Morgan fingerprint density at radius 1 is 1.50 bits per heavy atom. The van der Waals surface area contributed by atoms with E-state index in [1.807, 2.05) is 20.8 Å². The summed E-state index contributed by atoms with van der Waals surface area (Å²) in [6.45, 7) is 7.64. The Kier molecular flexibility index (Phi) is 4.62. The van der Waals surface area contributed by atoms with Crippen molar-refractivity contribution in [3.63, 3.8) is 0 Å². The van der Waals surface area contributed by atoms with Crippen LogP contribution in [0.3, 0.4) is 0 Å². The lowest BCUT2D eigenvalue weighted by molar-refractivity contribution is 0.257. The Balaban J connectivity index is 0.000000371. The summed E-state index contributed by atoms with van der Waals surface area (Å²) >= 11 is 0. The molecule has 2 heteroatoms. The Morgan fingerprint density at radius 3 is 2.30 bits per heavy atom. The molecule has 0 amide bonds. The first kappa shape index (κ1) is 9.89. The van der Waals surface area contributed by atoms with Crippen molar-refractivity contribution in [3.8, 4) is 0 Å². The third kappa shape index (κ3) is 2.65. The van der Waals surface area contributed by atoms with Gasteiger partial charge in [0.05, 0.1) is 6.67 Å². The molecule has 62 valence electrons. The number of nitrogens with one attached hydrogen (secondary N) is 1. The highest BCUT2D eigenvalue weighted by Crippen LogP contribution is 2.23. The van der Waals surface area contributed by atoms with E-state index >= 15 is 0 Å². The molecule has 0 aliphatic carbocycles. The van der Waals surface area contributed by atoms with Crippen molar-refractivity contribution in [2.24, 2.45) is 5.41 Å². The van der Waals surface area contributed by atoms with E-state index in [0.717, 1.165) is 19.5 Å². The highest BCUT2D eigenvalue weighted by atomic mass is 19.1. The van der Waals surface area contributed by atoms with Gasteiger partial charge >= 0.3 is 0 Å². The maximum absolute atomic E-state index is 12.0. The van der Waals surface area contributed by atoms with E-state index in [2.05, 4.69) is 5.32 Å². The molecule has 1 heterocycles. The highest BCUT2D eigenvalue weighted by molar-refractivity contribution is 4.82. The fourth-order valence-electron chi connectivity index (χ4n) is 0.983. The molecule has 1 aliphatic heterocycles. The van der Waals surface area contributed by atoms with Crippen LogP contribution in [0.1, 0.15) is 27.2 Å². The van der Waals surface area contributed by atoms with Crippen LogP contribution in [0.25, 0.3) is 0 Å². The van der Waals surface area contributed by atoms with Crippen molar-refractivity contribution < 1.29 is 4.39 Å². The fourth-order valence-corrected chi connectivity index (χ4v) is 0.983. The molecule has 0 aromatic carbocycles. The SMILES string of the molecule is CC.CC1(CF)CCNC1. The van der Waals surface area contributed by atoms with Crippen LogP contribution in [0, 0.1) is 5.41 Å². The van der Waals surface area contributed by atoms with Crippen molar-refractivity contribution in [2.75, 3.05) is 19.8 Å². The van der Waals surface area contributed by atoms with Gasteiger partial charge in [0, 0.05) is 12.0 Å². The van der Waals surface area contributed by atoms with E-state index < -0.39 is 0 Å². The Bertz CT molecular complexity index is 77.3. The minimum absolute atomic E-state index is 0.0417. The van der Waals surface area contributed by atoms with Gasteiger partial charge in [-0.25, -0.2) is 0 Å². The monoisotopic (exact) mass is 147 g/mol. The first-order chi connectivity index (χ1) is 4.77. The Hall–Kier alpha value is -0.110. The van der Waals surface area contributed by atoms with Crippen molar-refractivity contribution >= 4 is 0 Å². The number of rotatable bonds is 1. The molecular weight excluding hydrogens is 129 g/mol. The van der Waals surface area contributed by atoms with Crippen LogP contribution in [0.4, 0.5) is 4.39 Å². The van der Waals surface area contributed by atoms with Gasteiger partial charge in [0.2, 0.25) is 0 Å².